The van der Waals surface area contributed by atoms with Crippen molar-refractivity contribution in [3.05, 3.63) is 41.5 Å². The van der Waals surface area contributed by atoms with Crippen LogP contribution in [0.1, 0.15) is 31.9 Å². The Morgan fingerprint density at radius 2 is 1.90 bits per heavy atom. The third-order valence-corrected chi connectivity index (χ3v) is 6.77. The third-order valence-electron chi connectivity index (χ3n) is 6.77. The van der Waals surface area contributed by atoms with Crippen molar-refractivity contribution >= 4 is 6.08 Å². The predicted molar refractivity (Wildman–Crippen MR) is 77.9 cm³/mol. The highest BCUT2D eigenvalue weighted by Crippen LogP contribution is 2.82. The summed E-state index contributed by atoms with van der Waals surface area (Å²) >= 11 is 0. The molecule has 2 fully saturated rings. The fraction of sp³-hybridized carbons (Fsp3) is 0.500. The first-order valence-electron chi connectivity index (χ1n) is 7.25. The molecule has 1 spiro atoms. The second kappa shape index (κ2) is 3.18. The number of rotatable bonds is 0. The Morgan fingerprint density at radius 1 is 1.15 bits per heavy atom. The zero-order valence-corrected chi connectivity index (χ0v) is 12.2. The monoisotopic (exact) mass is 265 g/mol. The van der Waals surface area contributed by atoms with Gasteiger partial charge in [-0.1, -0.05) is 57.2 Å². The van der Waals surface area contributed by atoms with Crippen LogP contribution in [0.15, 0.2) is 30.3 Å². The number of fused-ring (bicyclic) bond motifs is 2. The van der Waals surface area contributed by atoms with E-state index in [1.165, 1.54) is 11.1 Å². The van der Waals surface area contributed by atoms with Crippen LogP contribution < -0.4 is 0 Å². The van der Waals surface area contributed by atoms with E-state index in [1.807, 2.05) is 12.1 Å². The second-order valence-corrected chi connectivity index (χ2v) is 7.20. The Balaban J connectivity index is 2.10. The zero-order valence-electron chi connectivity index (χ0n) is 12.2. The highest BCUT2D eigenvalue weighted by atomic mass is 16.5. The number of benzene rings is 1. The normalized spacial score (nSPS) is 42.9. The Morgan fingerprint density at radius 3 is 2.65 bits per heavy atom. The van der Waals surface area contributed by atoms with Gasteiger partial charge < -0.3 is 4.74 Å². The Labute approximate surface area is 120 Å². The van der Waals surface area contributed by atoms with Gasteiger partial charge in [0.25, 0.3) is 0 Å². The molecule has 2 nitrogen and oxygen atoms in total. The minimum Gasteiger partial charge on any atom is -0.380 e. The van der Waals surface area contributed by atoms with Crippen LogP contribution in [0.5, 0.6) is 0 Å². The van der Waals surface area contributed by atoms with Crippen molar-refractivity contribution in [3.8, 4) is 6.07 Å². The number of nitrogens with zero attached hydrogens (tertiary/aromatic N) is 1. The van der Waals surface area contributed by atoms with Crippen LogP contribution in [0.3, 0.4) is 0 Å². The summed E-state index contributed by atoms with van der Waals surface area (Å²) in [7, 11) is 0. The average Bonchev–Trinajstić information content (AvgIpc) is 2.75. The molecule has 2 heteroatoms. The molecule has 1 saturated heterocycles. The van der Waals surface area contributed by atoms with Crippen LogP contribution in [0.4, 0.5) is 0 Å². The molecular formula is C18H19NO. The molecule has 2 aliphatic carbocycles. The van der Waals surface area contributed by atoms with Gasteiger partial charge in [0.1, 0.15) is 5.41 Å². The molecule has 20 heavy (non-hydrogen) atoms. The van der Waals surface area contributed by atoms with Crippen molar-refractivity contribution in [2.45, 2.75) is 26.2 Å². The second-order valence-electron chi connectivity index (χ2n) is 7.20. The summed E-state index contributed by atoms with van der Waals surface area (Å²) in [5.74, 6) is 0. The molecule has 3 unspecified atom stereocenters. The lowest BCUT2D eigenvalue weighted by Gasteiger charge is -2.74. The largest absolute Gasteiger partial charge is 0.380 e. The van der Waals surface area contributed by atoms with Crippen LogP contribution in [-0.2, 0) is 10.2 Å². The molecular weight excluding hydrogens is 246 g/mol. The van der Waals surface area contributed by atoms with Crippen molar-refractivity contribution in [2.24, 2.45) is 16.2 Å². The van der Waals surface area contributed by atoms with Gasteiger partial charge in [0.2, 0.25) is 0 Å². The molecule has 1 aliphatic heterocycles. The first-order valence-corrected chi connectivity index (χ1v) is 7.25. The highest BCUT2D eigenvalue weighted by molar-refractivity contribution is 5.69. The van der Waals surface area contributed by atoms with Crippen LogP contribution in [0.25, 0.3) is 6.08 Å². The van der Waals surface area contributed by atoms with Gasteiger partial charge in [-0.25, -0.2) is 0 Å². The van der Waals surface area contributed by atoms with E-state index in [2.05, 4.69) is 51.1 Å². The molecule has 1 heterocycles. The number of ether oxygens (including phenoxy) is 1. The van der Waals surface area contributed by atoms with Gasteiger partial charge >= 0.3 is 0 Å². The van der Waals surface area contributed by atoms with Crippen molar-refractivity contribution in [2.75, 3.05) is 13.2 Å². The number of hydrogen-bond donors (Lipinski definition) is 0. The number of hydrogen-bond acceptors (Lipinski definition) is 2. The van der Waals surface area contributed by atoms with Crippen molar-refractivity contribution in [1.29, 1.82) is 5.26 Å². The molecule has 0 radical (unpaired) electrons. The molecule has 3 aliphatic rings. The van der Waals surface area contributed by atoms with Crippen molar-refractivity contribution < 1.29 is 4.74 Å². The maximum atomic E-state index is 10.2. The minimum atomic E-state index is -0.476. The van der Waals surface area contributed by atoms with Crippen LogP contribution in [0.2, 0.25) is 0 Å². The molecule has 4 rings (SSSR count). The quantitative estimate of drug-likeness (QED) is 0.719. The van der Waals surface area contributed by atoms with Crippen LogP contribution >= 0.6 is 0 Å². The average molecular weight is 265 g/mol. The zero-order chi connectivity index (χ0) is 14.2. The van der Waals surface area contributed by atoms with E-state index in [0.29, 0.717) is 6.61 Å². The lowest BCUT2D eigenvalue weighted by molar-refractivity contribution is -0.195. The van der Waals surface area contributed by atoms with Crippen molar-refractivity contribution in [1.82, 2.24) is 0 Å². The van der Waals surface area contributed by atoms with Crippen LogP contribution in [-0.4, -0.2) is 13.2 Å². The predicted octanol–water partition coefficient (Wildman–Crippen LogP) is 3.54. The summed E-state index contributed by atoms with van der Waals surface area (Å²) in [5, 5.41) is 10.2. The van der Waals surface area contributed by atoms with Gasteiger partial charge in [-0.15, -0.1) is 0 Å². The van der Waals surface area contributed by atoms with E-state index in [0.717, 1.165) is 6.61 Å². The fourth-order valence-corrected chi connectivity index (χ4v) is 5.32. The Bertz CT molecular complexity index is 683. The van der Waals surface area contributed by atoms with Crippen molar-refractivity contribution in [3.63, 3.8) is 0 Å². The van der Waals surface area contributed by atoms with E-state index in [9.17, 15) is 5.26 Å². The summed E-state index contributed by atoms with van der Waals surface area (Å²) in [6.07, 6.45) is 4.45. The Hall–Kier alpha value is -1.59. The molecule has 1 aromatic carbocycles. The summed E-state index contributed by atoms with van der Waals surface area (Å²) in [6, 6.07) is 11.1. The van der Waals surface area contributed by atoms with Crippen LogP contribution in [0, 0.1) is 27.6 Å². The van der Waals surface area contributed by atoms with E-state index in [1.54, 1.807) is 0 Å². The molecule has 1 aromatic rings. The molecule has 0 N–H and O–H groups in total. The fourth-order valence-electron chi connectivity index (χ4n) is 5.32. The van der Waals surface area contributed by atoms with Gasteiger partial charge in [-0.05, 0) is 16.5 Å². The smallest absolute Gasteiger partial charge is 0.100 e. The highest BCUT2D eigenvalue weighted by Gasteiger charge is 2.84. The maximum absolute atomic E-state index is 10.2. The lowest BCUT2D eigenvalue weighted by Crippen LogP contribution is -2.77. The summed E-state index contributed by atoms with van der Waals surface area (Å²) in [4.78, 5) is 0. The standard InChI is InChI=1S/C18H19NO/c1-15(2)16(3)11-20-12-17(16)9-8-13-6-4-5-7-14(13)18(15,17)10-19/h4-9H,11-12H2,1-3H3. The maximum Gasteiger partial charge on any atom is 0.100 e. The SMILES string of the molecule is CC1(C)C2(C)COCC23C=Cc2ccccc2C13C#N. The first kappa shape index (κ1) is 12.2. The summed E-state index contributed by atoms with van der Waals surface area (Å²) < 4.78 is 5.87. The van der Waals surface area contributed by atoms with E-state index in [-0.39, 0.29) is 16.2 Å². The van der Waals surface area contributed by atoms with E-state index in [4.69, 9.17) is 4.74 Å². The lowest BCUT2D eigenvalue weighted by atomic mass is 9.25. The molecule has 0 amide bonds. The topological polar surface area (TPSA) is 33.0 Å². The summed E-state index contributed by atoms with van der Waals surface area (Å²) in [6.45, 7) is 8.16. The molecule has 1 saturated carbocycles. The van der Waals surface area contributed by atoms with Gasteiger partial charge in [0.05, 0.1) is 19.3 Å². The summed E-state index contributed by atoms with van der Waals surface area (Å²) in [5.41, 5.74) is 1.63. The van der Waals surface area contributed by atoms with Gasteiger partial charge in [-0.2, -0.15) is 5.26 Å². The molecule has 0 aromatic heterocycles. The first-order chi connectivity index (χ1) is 9.47. The number of nitriles is 1. The molecule has 0 bridgehead atoms. The van der Waals surface area contributed by atoms with Gasteiger partial charge in [0.15, 0.2) is 0 Å². The van der Waals surface area contributed by atoms with Gasteiger partial charge in [-0.3, -0.25) is 0 Å². The minimum absolute atomic E-state index is 0.0275. The van der Waals surface area contributed by atoms with E-state index >= 15 is 0 Å². The molecule has 3 atom stereocenters. The third kappa shape index (κ3) is 0.833. The van der Waals surface area contributed by atoms with E-state index < -0.39 is 5.41 Å². The molecule has 102 valence electrons. The van der Waals surface area contributed by atoms with Gasteiger partial charge in [0, 0.05) is 10.8 Å². The Kier molecular flexibility index (Phi) is 1.93.